The van der Waals surface area contributed by atoms with Gasteiger partial charge in [-0.25, -0.2) is 9.78 Å². The summed E-state index contributed by atoms with van der Waals surface area (Å²) in [6.45, 7) is 1.21. The van der Waals surface area contributed by atoms with Gasteiger partial charge in [-0.15, -0.1) is 34.9 Å². The van der Waals surface area contributed by atoms with Gasteiger partial charge in [-0.3, -0.25) is 14.5 Å². The molecule has 0 radical (unpaired) electrons. The van der Waals surface area contributed by atoms with Crippen molar-refractivity contribution in [3.63, 3.8) is 0 Å². The highest BCUT2D eigenvalue weighted by Gasteiger charge is 2.54. The first-order valence-corrected chi connectivity index (χ1v) is 12.0. The molecule has 166 valence electrons. The van der Waals surface area contributed by atoms with Crippen LogP contribution in [0.15, 0.2) is 21.1 Å². The number of hydrogen-bond donors (Lipinski definition) is 3. The number of fused-ring (bicyclic) bond motifs is 1. The monoisotopic (exact) mass is 485 g/mol. The Kier molecular flexibility index (Phi) is 6.41. The lowest BCUT2D eigenvalue weighted by atomic mass is 10.0. The van der Waals surface area contributed by atoms with Gasteiger partial charge in [0, 0.05) is 27.9 Å². The zero-order valence-corrected chi connectivity index (χ0v) is 18.7. The Morgan fingerprint density at radius 1 is 1.52 bits per heavy atom. The number of carboxylic acids is 1. The van der Waals surface area contributed by atoms with E-state index < -0.39 is 29.2 Å². The SMILES string of the molecule is CO/N=C(\C(=O)NC1C(=O)N2C(C(=O)O)=C(SC3CCOC3)CS[C@@H]12)c1csc(N)n1. The molecule has 1 aromatic heterocycles. The highest BCUT2D eigenvalue weighted by Crippen LogP contribution is 2.45. The molecule has 4 rings (SSSR count). The quantitative estimate of drug-likeness (QED) is 0.279. The van der Waals surface area contributed by atoms with Gasteiger partial charge in [0.2, 0.25) is 0 Å². The van der Waals surface area contributed by atoms with Crippen LogP contribution in [0.4, 0.5) is 5.13 Å². The predicted octanol–water partition coefficient (Wildman–Crippen LogP) is 0.294. The minimum absolute atomic E-state index is 0.0193. The smallest absolute Gasteiger partial charge is 0.353 e. The molecule has 2 fully saturated rings. The number of nitrogens with two attached hydrogens (primary N) is 1. The number of carbonyl (C=O) groups excluding carboxylic acids is 2. The summed E-state index contributed by atoms with van der Waals surface area (Å²) in [5, 5.41) is 17.5. The Hall–Kier alpha value is -2.29. The molecule has 2 unspecified atom stereocenters. The van der Waals surface area contributed by atoms with Crippen molar-refractivity contribution in [2.75, 3.05) is 31.8 Å². The third-order valence-corrected chi connectivity index (χ3v) is 8.25. The molecule has 3 atom stereocenters. The average Bonchev–Trinajstić information content (AvgIpc) is 3.41. The zero-order valence-electron chi connectivity index (χ0n) is 16.3. The molecule has 2 saturated heterocycles. The van der Waals surface area contributed by atoms with Crippen molar-refractivity contribution in [3.05, 3.63) is 21.7 Å². The molecule has 0 aliphatic carbocycles. The lowest BCUT2D eigenvalue weighted by Crippen LogP contribution is -2.71. The van der Waals surface area contributed by atoms with Crippen LogP contribution in [0.3, 0.4) is 0 Å². The van der Waals surface area contributed by atoms with Gasteiger partial charge in [0.25, 0.3) is 11.8 Å². The molecule has 2 amide bonds. The van der Waals surface area contributed by atoms with Crippen LogP contribution in [-0.4, -0.2) is 81.2 Å². The van der Waals surface area contributed by atoms with Crippen LogP contribution < -0.4 is 11.1 Å². The van der Waals surface area contributed by atoms with E-state index >= 15 is 0 Å². The Morgan fingerprint density at radius 2 is 2.32 bits per heavy atom. The number of nitrogen functional groups attached to an aromatic ring is 1. The Labute approximate surface area is 189 Å². The van der Waals surface area contributed by atoms with Crippen molar-refractivity contribution in [1.29, 1.82) is 0 Å². The Morgan fingerprint density at radius 3 is 2.94 bits per heavy atom. The number of ether oxygens (including phenoxy) is 1. The molecule has 0 aromatic carbocycles. The summed E-state index contributed by atoms with van der Waals surface area (Å²) in [4.78, 5) is 48.1. The van der Waals surface area contributed by atoms with Crippen molar-refractivity contribution < 1.29 is 29.1 Å². The summed E-state index contributed by atoms with van der Waals surface area (Å²) in [6, 6.07) is -0.883. The molecular formula is C17H19N5O6S3. The van der Waals surface area contributed by atoms with Crippen LogP contribution in [-0.2, 0) is 24.0 Å². The van der Waals surface area contributed by atoms with Crippen LogP contribution >= 0.6 is 34.9 Å². The first-order chi connectivity index (χ1) is 14.9. The number of amides is 2. The van der Waals surface area contributed by atoms with Crippen molar-refractivity contribution in [2.24, 2.45) is 5.16 Å². The number of thiazole rings is 1. The number of rotatable bonds is 7. The third kappa shape index (κ3) is 4.24. The van der Waals surface area contributed by atoms with Gasteiger partial charge in [-0.2, -0.15) is 0 Å². The number of anilines is 1. The molecule has 1 aromatic rings. The lowest BCUT2D eigenvalue weighted by Gasteiger charge is -2.49. The Bertz CT molecular complexity index is 973. The summed E-state index contributed by atoms with van der Waals surface area (Å²) in [6.07, 6.45) is 0.838. The van der Waals surface area contributed by atoms with Gasteiger partial charge in [0.15, 0.2) is 10.8 Å². The molecule has 11 nitrogen and oxygen atoms in total. The van der Waals surface area contributed by atoms with Crippen LogP contribution in [0.1, 0.15) is 12.1 Å². The Balaban J connectivity index is 1.50. The van der Waals surface area contributed by atoms with Crippen molar-refractivity contribution in [2.45, 2.75) is 23.1 Å². The number of hydrogen-bond acceptors (Lipinski definition) is 11. The molecular weight excluding hydrogens is 466 g/mol. The number of aromatic nitrogens is 1. The van der Waals surface area contributed by atoms with E-state index in [0.717, 1.165) is 17.8 Å². The second-order valence-electron chi connectivity index (χ2n) is 6.73. The summed E-state index contributed by atoms with van der Waals surface area (Å²) in [5.74, 6) is -1.87. The van der Waals surface area contributed by atoms with Crippen molar-refractivity contribution in [1.82, 2.24) is 15.2 Å². The van der Waals surface area contributed by atoms with Crippen LogP contribution in [0.2, 0.25) is 0 Å². The zero-order chi connectivity index (χ0) is 22.1. The topological polar surface area (TPSA) is 156 Å². The van der Waals surface area contributed by atoms with Gasteiger partial charge >= 0.3 is 5.97 Å². The summed E-state index contributed by atoms with van der Waals surface area (Å²) >= 11 is 4.00. The minimum Gasteiger partial charge on any atom is -0.477 e. The number of β-lactam (4-membered cyclic amide) rings is 1. The maximum atomic E-state index is 12.8. The van der Waals surface area contributed by atoms with Gasteiger partial charge < -0.3 is 25.7 Å². The molecule has 4 N–H and O–H groups in total. The molecule has 14 heteroatoms. The van der Waals surface area contributed by atoms with Gasteiger partial charge in [0.1, 0.15) is 29.9 Å². The van der Waals surface area contributed by atoms with E-state index in [2.05, 4.69) is 15.5 Å². The first kappa shape index (κ1) is 21.9. The molecule has 3 aliphatic heterocycles. The lowest BCUT2D eigenvalue weighted by molar-refractivity contribution is -0.150. The van der Waals surface area contributed by atoms with Crippen molar-refractivity contribution in [3.8, 4) is 0 Å². The second-order valence-corrected chi connectivity index (χ2v) is 10.1. The van der Waals surface area contributed by atoms with E-state index in [9.17, 15) is 19.5 Å². The van der Waals surface area contributed by atoms with E-state index in [1.807, 2.05) is 0 Å². The van der Waals surface area contributed by atoms with Crippen LogP contribution in [0.5, 0.6) is 0 Å². The normalized spacial score (nSPS) is 25.8. The summed E-state index contributed by atoms with van der Waals surface area (Å²) in [5.41, 5.74) is 5.71. The number of nitrogens with one attached hydrogen (secondary N) is 1. The van der Waals surface area contributed by atoms with Crippen molar-refractivity contribution >= 4 is 63.5 Å². The fourth-order valence-electron chi connectivity index (χ4n) is 3.39. The second kappa shape index (κ2) is 9.06. The molecule has 4 heterocycles. The van der Waals surface area contributed by atoms with E-state index in [4.69, 9.17) is 15.3 Å². The number of aliphatic carboxylic acids is 1. The van der Waals surface area contributed by atoms with Gasteiger partial charge in [0.05, 0.1) is 6.61 Å². The van der Waals surface area contributed by atoms with E-state index in [-0.39, 0.29) is 27.5 Å². The highest BCUT2D eigenvalue weighted by atomic mass is 32.2. The highest BCUT2D eigenvalue weighted by molar-refractivity contribution is 8.06. The maximum Gasteiger partial charge on any atom is 0.353 e. The number of carboxylic acid groups (broad SMARTS) is 1. The first-order valence-electron chi connectivity index (χ1n) is 9.19. The largest absolute Gasteiger partial charge is 0.477 e. The third-order valence-electron chi connectivity index (χ3n) is 4.78. The minimum atomic E-state index is -1.16. The number of thioether (sulfide) groups is 2. The number of oxime groups is 1. The van der Waals surface area contributed by atoms with E-state index in [0.29, 0.717) is 23.9 Å². The molecule has 0 saturated carbocycles. The summed E-state index contributed by atoms with van der Waals surface area (Å²) < 4.78 is 5.36. The number of carbonyl (C=O) groups is 3. The molecule has 31 heavy (non-hydrogen) atoms. The fraction of sp³-hybridized carbons (Fsp3) is 0.471. The van der Waals surface area contributed by atoms with Crippen LogP contribution in [0.25, 0.3) is 0 Å². The molecule has 0 spiro atoms. The molecule has 0 bridgehead atoms. The number of nitrogens with zero attached hydrogens (tertiary/aromatic N) is 3. The maximum absolute atomic E-state index is 12.8. The summed E-state index contributed by atoms with van der Waals surface area (Å²) in [7, 11) is 1.29. The van der Waals surface area contributed by atoms with Gasteiger partial charge in [-0.1, -0.05) is 5.16 Å². The van der Waals surface area contributed by atoms with E-state index in [1.165, 1.54) is 35.5 Å². The fourth-order valence-corrected chi connectivity index (χ4v) is 6.69. The van der Waals surface area contributed by atoms with E-state index in [1.54, 1.807) is 5.38 Å². The standard InChI is InChI=1S/C17H19N5O6S3/c1-27-21-10(8-5-30-17(18)19-8)13(23)20-11-14(24)22-12(16(25)26)9(6-29-15(11)22)31-7-2-3-28-4-7/h5,7,11,15H,2-4,6H2,1H3,(H2,18,19)(H,20,23)(H,25,26)/b21-10-/t7?,11?,15-/m0/s1. The average molecular weight is 486 g/mol. The van der Waals surface area contributed by atoms with Gasteiger partial charge in [-0.05, 0) is 6.42 Å². The van der Waals surface area contributed by atoms with Crippen LogP contribution in [0, 0.1) is 0 Å². The predicted molar refractivity (Wildman–Crippen MR) is 117 cm³/mol. The molecule has 3 aliphatic rings.